The molecule has 0 bridgehead atoms. The summed E-state index contributed by atoms with van der Waals surface area (Å²) in [6.45, 7) is 3.90. The third-order valence-corrected chi connectivity index (χ3v) is 6.71. The number of carboxylic acids is 1. The molecule has 0 radical (unpaired) electrons. The van der Waals surface area contributed by atoms with Crippen molar-refractivity contribution < 1.29 is 14.6 Å². The van der Waals surface area contributed by atoms with E-state index in [-0.39, 0.29) is 6.61 Å². The second-order valence-electron chi connectivity index (χ2n) is 6.94. The molecule has 0 amide bonds. The van der Waals surface area contributed by atoms with Crippen LogP contribution in [0.15, 0.2) is 77.7 Å². The van der Waals surface area contributed by atoms with E-state index in [0.717, 1.165) is 14.2 Å². The second-order valence-corrected chi connectivity index (χ2v) is 9.17. The van der Waals surface area contributed by atoms with Crippen molar-refractivity contribution in [2.24, 2.45) is 0 Å². The summed E-state index contributed by atoms with van der Waals surface area (Å²) in [6, 6.07) is 22.8. The van der Waals surface area contributed by atoms with Crippen molar-refractivity contribution in [3.8, 4) is 5.75 Å². The number of carbonyl (C=O) groups is 1. The van der Waals surface area contributed by atoms with Crippen LogP contribution in [0.1, 0.15) is 22.3 Å². The van der Waals surface area contributed by atoms with Crippen LogP contribution >= 0.6 is 34.4 Å². The summed E-state index contributed by atoms with van der Waals surface area (Å²) in [5, 5.41) is 8.75. The average Bonchev–Trinajstić information content (AvgIpc) is 2.71. The molecule has 0 saturated carbocycles. The third-order valence-electron chi connectivity index (χ3n) is 4.45. The predicted octanol–water partition coefficient (Wildman–Crippen LogP) is 6.60. The first kappa shape index (κ1) is 22.4. The number of benzene rings is 3. The number of carboxylic acid groups (broad SMARTS) is 1. The minimum Gasteiger partial charge on any atom is -0.482 e. The molecule has 0 spiro atoms. The molecule has 3 nitrogen and oxygen atoms in total. The smallest absolute Gasteiger partial charge is 0.341 e. The molecule has 0 heterocycles. The molecular formula is C25H23IO3S. The summed E-state index contributed by atoms with van der Waals surface area (Å²) in [5.74, 6) is 0.415. The maximum atomic E-state index is 10.7. The van der Waals surface area contributed by atoms with Gasteiger partial charge in [0.05, 0.1) is 0 Å². The van der Waals surface area contributed by atoms with Crippen LogP contribution in [-0.4, -0.2) is 23.4 Å². The van der Waals surface area contributed by atoms with Gasteiger partial charge in [-0.05, 0) is 71.3 Å². The number of hydrogen-bond acceptors (Lipinski definition) is 3. The van der Waals surface area contributed by atoms with Crippen molar-refractivity contribution in [2.45, 2.75) is 18.7 Å². The van der Waals surface area contributed by atoms with Crippen LogP contribution in [0, 0.1) is 17.4 Å². The zero-order valence-electron chi connectivity index (χ0n) is 16.9. The molecule has 30 heavy (non-hydrogen) atoms. The second kappa shape index (κ2) is 10.7. The number of aryl methyl sites for hydroxylation is 2. The lowest BCUT2D eigenvalue weighted by Crippen LogP contribution is -2.09. The number of hydrogen-bond donors (Lipinski definition) is 1. The van der Waals surface area contributed by atoms with Crippen LogP contribution in [0.5, 0.6) is 5.75 Å². The Kier molecular flexibility index (Phi) is 7.99. The number of rotatable bonds is 8. The Morgan fingerprint density at radius 2 is 1.63 bits per heavy atom. The van der Waals surface area contributed by atoms with Crippen LogP contribution in [0.3, 0.4) is 0 Å². The quantitative estimate of drug-likeness (QED) is 0.264. The van der Waals surface area contributed by atoms with Crippen molar-refractivity contribution in [2.75, 3.05) is 12.4 Å². The largest absolute Gasteiger partial charge is 0.482 e. The van der Waals surface area contributed by atoms with E-state index < -0.39 is 5.97 Å². The Hall–Kier alpha value is -2.25. The van der Waals surface area contributed by atoms with Gasteiger partial charge in [-0.3, -0.25) is 0 Å². The van der Waals surface area contributed by atoms with Crippen LogP contribution in [0.25, 0.3) is 5.57 Å². The van der Waals surface area contributed by atoms with Gasteiger partial charge in [0.2, 0.25) is 0 Å². The van der Waals surface area contributed by atoms with Crippen LogP contribution in [0.4, 0.5) is 0 Å². The van der Waals surface area contributed by atoms with Gasteiger partial charge < -0.3 is 9.84 Å². The minimum absolute atomic E-state index is 0.332. The molecule has 0 fully saturated rings. The molecule has 0 aromatic heterocycles. The molecule has 3 aromatic rings. The summed E-state index contributed by atoms with van der Waals surface area (Å²) in [6.07, 6.45) is 2.28. The van der Waals surface area contributed by atoms with E-state index in [9.17, 15) is 4.79 Å². The Morgan fingerprint density at radius 3 is 2.17 bits per heavy atom. The van der Waals surface area contributed by atoms with Gasteiger partial charge in [0, 0.05) is 14.2 Å². The zero-order chi connectivity index (χ0) is 21.5. The standard InChI is InChI=1S/C25H23IO3S/c1-17-5-3-7-19(13-17)22(20-8-4-6-18(2)14-20)11-12-30-24-10-9-21(15-23(24)26)29-16-25(27)28/h3-11,13-15H,12,16H2,1-2H3,(H,27,28). The van der Waals surface area contributed by atoms with Crippen LogP contribution in [-0.2, 0) is 4.79 Å². The number of ether oxygens (including phenoxy) is 1. The fourth-order valence-electron chi connectivity index (χ4n) is 3.08. The van der Waals surface area contributed by atoms with E-state index in [2.05, 4.69) is 91.0 Å². The molecular weight excluding hydrogens is 507 g/mol. The number of halogens is 1. The highest BCUT2D eigenvalue weighted by atomic mass is 127. The molecule has 154 valence electrons. The van der Waals surface area contributed by atoms with E-state index in [4.69, 9.17) is 9.84 Å². The first-order chi connectivity index (χ1) is 14.4. The van der Waals surface area contributed by atoms with E-state index >= 15 is 0 Å². The van der Waals surface area contributed by atoms with Crippen molar-refractivity contribution in [1.29, 1.82) is 0 Å². The predicted molar refractivity (Wildman–Crippen MR) is 132 cm³/mol. The lowest BCUT2D eigenvalue weighted by Gasteiger charge is -2.11. The van der Waals surface area contributed by atoms with Crippen molar-refractivity contribution in [3.63, 3.8) is 0 Å². The van der Waals surface area contributed by atoms with Crippen LogP contribution in [0.2, 0.25) is 0 Å². The molecule has 3 rings (SSSR count). The lowest BCUT2D eigenvalue weighted by atomic mass is 9.95. The Balaban J connectivity index is 1.80. The number of aliphatic carboxylic acids is 1. The van der Waals surface area contributed by atoms with E-state index in [1.54, 1.807) is 11.8 Å². The fraction of sp³-hybridized carbons (Fsp3) is 0.160. The minimum atomic E-state index is -0.978. The maximum Gasteiger partial charge on any atom is 0.341 e. The molecule has 0 aliphatic carbocycles. The van der Waals surface area contributed by atoms with Crippen molar-refractivity contribution >= 4 is 45.9 Å². The normalized spacial score (nSPS) is 10.5. The Labute approximate surface area is 195 Å². The molecule has 0 saturated heterocycles. The first-order valence-corrected chi connectivity index (χ1v) is 11.6. The highest BCUT2D eigenvalue weighted by Gasteiger charge is 2.08. The van der Waals surface area contributed by atoms with Gasteiger partial charge in [0.15, 0.2) is 6.61 Å². The molecule has 0 aliphatic heterocycles. The number of thioether (sulfide) groups is 1. The lowest BCUT2D eigenvalue weighted by molar-refractivity contribution is -0.139. The Bertz CT molecular complexity index is 1030. The molecule has 0 atom stereocenters. The molecule has 3 aromatic carbocycles. The highest BCUT2D eigenvalue weighted by molar-refractivity contribution is 14.1. The van der Waals surface area contributed by atoms with Crippen molar-refractivity contribution in [1.82, 2.24) is 0 Å². The SMILES string of the molecule is Cc1cccc(C(=CCSc2ccc(OCC(=O)O)cc2I)c2cccc(C)c2)c1. The zero-order valence-corrected chi connectivity index (χ0v) is 19.9. The first-order valence-electron chi connectivity index (χ1n) is 9.53. The van der Waals surface area contributed by atoms with Gasteiger partial charge in [-0.15, -0.1) is 11.8 Å². The monoisotopic (exact) mass is 530 g/mol. The summed E-state index contributed by atoms with van der Waals surface area (Å²) < 4.78 is 6.30. The summed E-state index contributed by atoms with van der Waals surface area (Å²) in [7, 11) is 0. The molecule has 5 heteroatoms. The van der Waals surface area contributed by atoms with Gasteiger partial charge in [-0.1, -0.05) is 65.7 Å². The summed E-state index contributed by atoms with van der Waals surface area (Å²) in [5.41, 5.74) is 6.14. The molecule has 0 aliphatic rings. The van der Waals surface area contributed by atoms with Gasteiger partial charge in [-0.25, -0.2) is 4.79 Å². The van der Waals surface area contributed by atoms with Gasteiger partial charge in [0.1, 0.15) is 5.75 Å². The summed E-state index contributed by atoms with van der Waals surface area (Å²) in [4.78, 5) is 11.8. The highest BCUT2D eigenvalue weighted by Crippen LogP contribution is 2.30. The third kappa shape index (κ3) is 6.37. The summed E-state index contributed by atoms with van der Waals surface area (Å²) >= 11 is 4.01. The Morgan fingerprint density at radius 1 is 1.00 bits per heavy atom. The van der Waals surface area contributed by atoms with Crippen molar-refractivity contribution in [3.05, 3.63) is 98.6 Å². The van der Waals surface area contributed by atoms with Gasteiger partial charge >= 0.3 is 5.97 Å². The fourth-order valence-corrected chi connectivity index (χ4v) is 4.82. The van der Waals surface area contributed by atoms with E-state index in [0.29, 0.717) is 5.75 Å². The molecule has 0 unspecified atom stereocenters. The van der Waals surface area contributed by atoms with Gasteiger partial charge in [0.25, 0.3) is 0 Å². The van der Waals surface area contributed by atoms with Crippen LogP contribution < -0.4 is 4.74 Å². The van der Waals surface area contributed by atoms with E-state index in [1.807, 2.05) is 18.2 Å². The molecule has 1 N–H and O–H groups in total. The van der Waals surface area contributed by atoms with E-state index in [1.165, 1.54) is 27.8 Å². The maximum absolute atomic E-state index is 10.7. The topological polar surface area (TPSA) is 46.5 Å². The average molecular weight is 530 g/mol. The van der Waals surface area contributed by atoms with Gasteiger partial charge in [-0.2, -0.15) is 0 Å².